The summed E-state index contributed by atoms with van der Waals surface area (Å²) in [6, 6.07) is 8.08. The number of hydrogen-bond acceptors (Lipinski definition) is 1. The molecule has 2 N–H and O–H groups in total. The lowest BCUT2D eigenvalue weighted by atomic mass is 10.3. The second kappa shape index (κ2) is 1.88. The first-order chi connectivity index (χ1) is 4.88. The quantitative estimate of drug-likeness (QED) is 0.517. The molecule has 0 amide bonds. The molecule has 1 heterocycles. The molecular weight excluding hydrogens is 126 g/mol. The summed E-state index contributed by atoms with van der Waals surface area (Å²) >= 11 is 0. The topological polar surface area (TPSA) is 34.0 Å². The fourth-order valence-corrected chi connectivity index (χ4v) is 1.08. The minimum absolute atomic E-state index is 1.06. The molecule has 10 heavy (non-hydrogen) atoms. The smallest absolute Gasteiger partial charge is 0.0763 e. The van der Waals surface area contributed by atoms with Crippen molar-refractivity contribution in [1.82, 2.24) is 0 Å². The van der Waals surface area contributed by atoms with E-state index in [1.165, 1.54) is 5.69 Å². The summed E-state index contributed by atoms with van der Waals surface area (Å²) < 4.78 is 0. The van der Waals surface area contributed by atoms with Crippen molar-refractivity contribution < 1.29 is 5.53 Å². The summed E-state index contributed by atoms with van der Waals surface area (Å²) in [4.78, 5) is 0. The SMILES string of the molecule is CN1[NH2+][N-]c2ccccc21. The van der Waals surface area contributed by atoms with Crippen molar-refractivity contribution in [3.63, 3.8) is 0 Å². The molecule has 0 aliphatic carbocycles. The van der Waals surface area contributed by atoms with Gasteiger partial charge in [0.25, 0.3) is 0 Å². The van der Waals surface area contributed by atoms with Crippen LogP contribution in [0, 0.1) is 0 Å². The molecule has 1 aliphatic heterocycles. The zero-order chi connectivity index (χ0) is 6.97. The normalized spacial score (nSPS) is 14.7. The minimum atomic E-state index is 1.06. The Balaban J connectivity index is 2.51. The van der Waals surface area contributed by atoms with E-state index >= 15 is 0 Å². The van der Waals surface area contributed by atoms with Gasteiger partial charge in [-0.15, -0.1) is 0 Å². The van der Waals surface area contributed by atoms with Gasteiger partial charge in [0.2, 0.25) is 0 Å². The maximum absolute atomic E-state index is 4.18. The van der Waals surface area contributed by atoms with Gasteiger partial charge < -0.3 is 5.43 Å². The standard InChI is InChI=1S/C7H9N3/c1-10-7-5-3-2-4-6(7)8-9-10/h2-5H,9H2,1H3. The number of fused-ring (bicyclic) bond motifs is 1. The summed E-state index contributed by atoms with van der Waals surface area (Å²) in [6.07, 6.45) is 0. The van der Waals surface area contributed by atoms with Crippen molar-refractivity contribution in [1.29, 1.82) is 0 Å². The van der Waals surface area contributed by atoms with Crippen LogP contribution in [-0.4, -0.2) is 7.05 Å². The van der Waals surface area contributed by atoms with Crippen LogP contribution in [0.25, 0.3) is 5.43 Å². The third-order valence-electron chi connectivity index (χ3n) is 1.63. The van der Waals surface area contributed by atoms with Crippen molar-refractivity contribution in [2.45, 2.75) is 0 Å². The monoisotopic (exact) mass is 135 g/mol. The number of hydrogen-bond donors (Lipinski definition) is 1. The number of benzene rings is 1. The number of para-hydroxylation sites is 1. The van der Waals surface area contributed by atoms with Crippen LogP contribution in [0.15, 0.2) is 24.3 Å². The van der Waals surface area contributed by atoms with Gasteiger partial charge in [0.15, 0.2) is 0 Å². The van der Waals surface area contributed by atoms with Gasteiger partial charge in [-0.25, -0.2) is 5.01 Å². The number of nitrogens with zero attached hydrogens (tertiary/aromatic N) is 2. The summed E-state index contributed by atoms with van der Waals surface area (Å²) in [7, 11) is 2.00. The molecule has 1 aromatic carbocycles. The predicted octanol–water partition coefficient (Wildman–Crippen LogP) is 0.535. The van der Waals surface area contributed by atoms with Crippen molar-refractivity contribution >= 4 is 11.4 Å². The molecule has 3 nitrogen and oxygen atoms in total. The summed E-state index contributed by atoms with van der Waals surface area (Å²) in [5.41, 5.74) is 8.25. The van der Waals surface area contributed by atoms with Crippen LogP contribution < -0.4 is 10.5 Å². The number of anilines is 1. The van der Waals surface area contributed by atoms with Crippen LogP contribution in [0.1, 0.15) is 0 Å². The van der Waals surface area contributed by atoms with Crippen LogP contribution in [0.5, 0.6) is 0 Å². The number of rotatable bonds is 0. The molecule has 0 aromatic heterocycles. The maximum atomic E-state index is 4.18. The Hall–Kier alpha value is -1.22. The Bertz CT molecular complexity index is 246. The molecule has 3 heteroatoms. The van der Waals surface area contributed by atoms with E-state index in [-0.39, 0.29) is 0 Å². The highest BCUT2D eigenvalue weighted by Gasteiger charge is 2.07. The molecule has 0 atom stereocenters. The van der Waals surface area contributed by atoms with E-state index in [4.69, 9.17) is 0 Å². The van der Waals surface area contributed by atoms with Crippen LogP contribution in [0.3, 0.4) is 0 Å². The number of nitrogens with two attached hydrogens (primary N) is 1. The fourth-order valence-electron chi connectivity index (χ4n) is 1.08. The van der Waals surface area contributed by atoms with Gasteiger partial charge in [-0.3, -0.25) is 5.53 Å². The van der Waals surface area contributed by atoms with E-state index in [0.717, 1.165) is 5.69 Å². The van der Waals surface area contributed by atoms with Gasteiger partial charge in [-0.05, 0) is 6.07 Å². The molecule has 1 aromatic rings. The lowest BCUT2D eigenvalue weighted by Gasteiger charge is -2.10. The van der Waals surface area contributed by atoms with Gasteiger partial charge in [0, 0.05) is 0 Å². The van der Waals surface area contributed by atoms with E-state index in [0.29, 0.717) is 0 Å². The highest BCUT2D eigenvalue weighted by atomic mass is 15.7. The van der Waals surface area contributed by atoms with E-state index in [9.17, 15) is 0 Å². The van der Waals surface area contributed by atoms with Crippen molar-refractivity contribution in [2.75, 3.05) is 12.1 Å². The molecule has 0 saturated carbocycles. The first-order valence-electron chi connectivity index (χ1n) is 3.24. The van der Waals surface area contributed by atoms with Crippen LogP contribution in [0.4, 0.5) is 11.4 Å². The van der Waals surface area contributed by atoms with Gasteiger partial charge in [-0.2, -0.15) is 0 Å². The third-order valence-corrected chi connectivity index (χ3v) is 1.63. The maximum Gasteiger partial charge on any atom is 0.0763 e. The Kier molecular flexibility index (Phi) is 1.05. The average molecular weight is 135 g/mol. The Morgan fingerprint density at radius 2 is 2.20 bits per heavy atom. The van der Waals surface area contributed by atoms with E-state index in [1.807, 2.05) is 35.8 Å². The molecule has 0 unspecified atom stereocenters. The number of quaternary nitrogens is 1. The summed E-state index contributed by atoms with van der Waals surface area (Å²) in [5, 5.41) is 2.01. The van der Waals surface area contributed by atoms with Crippen LogP contribution in [0.2, 0.25) is 0 Å². The fraction of sp³-hybridized carbons (Fsp3) is 0.143. The second-order valence-electron chi connectivity index (χ2n) is 2.34. The molecule has 0 bridgehead atoms. The van der Waals surface area contributed by atoms with Crippen molar-refractivity contribution in [3.8, 4) is 0 Å². The summed E-state index contributed by atoms with van der Waals surface area (Å²) in [5.74, 6) is 0. The Morgan fingerprint density at radius 3 is 3.00 bits per heavy atom. The van der Waals surface area contributed by atoms with Gasteiger partial charge in [0.05, 0.1) is 12.7 Å². The summed E-state index contributed by atoms with van der Waals surface area (Å²) in [6.45, 7) is 0. The predicted molar refractivity (Wildman–Crippen MR) is 39.8 cm³/mol. The lowest BCUT2D eigenvalue weighted by molar-refractivity contribution is -0.605. The molecular formula is C7H9N3. The molecule has 52 valence electrons. The zero-order valence-electron chi connectivity index (χ0n) is 5.78. The first kappa shape index (κ1) is 5.56. The molecule has 0 fully saturated rings. The van der Waals surface area contributed by atoms with Crippen molar-refractivity contribution in [3.05, 3.63) is 29.7 Å². The van der Waals surface area contributed by atoms with E-state index in [1.54, 1.807) is 0 Å². The van der Waals surface area contributed by atoms with E-state index < -0.39 is 0 Å². The Labute approximate surface area is 59.6 Å². The van der Waals surface area contributed by atoms with Gasteiger partial charge in [0.1, 0.15) is 0 Å². The largest absolute Gasteiger partial charge is 0.462 e. The second-order valence-corrected chi connectivity index (χ2v) is 2.34. The zero-order valence-corrected chi connectivity index (χ0v) is 5.78. The molecule has 0 saturated heterocycles. The molecule has 2 rings (SSSR count). The molecule has 1 aliphatic rings. The molecule has 0 radical (unpaired) electrons. The van der Waals surface area contributed by atoms with Crippen LogP contribution in [-0.2, 0) is 0 Å². The van der Waals surface area contributed by atoms with E-state index in [2.05, 4.69) is 11.5 Å². The average Bonchev–Trinajstić information content (AvgIpc) is 2.34. The highest BCUT2D eigenvalue weighted by molar-refractivity contribution is 5.71. The molecule has 0 spiro atoms. The third kappa shape index (κ3) is 0.642. The first-order valence-corrected chi connectivity index (χ1v) is 3.24. The highest BCUT2D eigenvalue weighted by Crippen LogP contribution is 2.29. The van der Waals surface area contributed by atoms with Gasteiger partial charge in [-0.1, -0.05) is 23.9 Å². The van der Waals surface area contributed by atoms with Crippen LogP contribution >= 0.6 is 0 Å². The van der Waals surface area contributed by atoms with Gasteiger partial charge >= 0.3 is 0 Å². The minimum Gasteiger partial charge on any atom is -0.462 e. The Morgan fingerprint density at radius 1 is 1.40 bits per heavy atom. The van der Waals surface area contributed by atoms with Crippen molar-refractivity contribution in [2.24, 2.45) is 0 Å². The lowest BCUT2D eigenvalue weighted by Crippen LogP contribution is -2.86.